The summed E-state index contributed by atoms with van der Waals surface area (Å²) >= 11 is 5.83. The van der Waals surface area contributed by atoms with E-state index in [0.717, 1.165) is 25.7 Å². The zero-order chi connectivity index (χ0) is 18.3. The number of aliphatic carboxylic acids is 1. The predicted octanol–water partition coefficient (Wildman–Crippen LogP) is -0.198. The van der Waals surface area contributed by atoms with E-state index in [9.17, 15) is 18.3 Å². The van der Waals surface area contributed by atoms with Crippen molar-refractivity contribution in [2.24, 2.45) is 0 Å². The summed E-state index contributed by atoms with van der Waals surface area (Å²) in [5.41, 5.74) is -0.433. The number of carbonyl (C=O) groups is 1. The molecule has 1 aliphatic rings. The fourth-order valence-corrected chi connectivity index (χ4v) is 4.82. The molecule has 0 saturated heterocycles. The second-order valence-electron chi connectivity index (χ2n) is 6.47. The molecule has 5 nitrogen and oxygen atoms in total. The summed E-state index contributed by atoms with van der Waals surface area (Å²) in [4.78, 5) is 10.6. The molecule has 1 fully saturated rings. The predicted molar refractivity (Wildman–Crippen MR) is 95.6 cm³/mol. The van der Waals surface area contributed by atoms with E-state index in [4.69, 9.17) is 11.6 Å². The van der Waals surface area contributed by atoms with Crippen molar-refractivity contribution in [2.75, 3.05) is 0 Å². The van der Waals surface area contributed by atoms with Crippen LogP contribution in [0, 0.1) is 0 Å². The minimum absolute atomic E-state index is 0. The molecule has 1 saturated carbocycles. The molecule has 0 aromatic heterocycles. The Morgan fingerprint density at radius 2 is 1.73 bits per heavy atom. The number of carboxylic acid groups (broad SMARTS) is 1. The van der Waals surface area contributed by atoms with Crippen LogP contribution in [-0.2, 0) is 14.8 Å². The van der Waals surface area contributed by atoms with Crippen LogP contribution in [0.1, 0.15) is 51.4 Å². The molecule has 8 heteroatoms. The first-order valence-corrected chi connectivity index (χ1v) is 10.3. The molecule has 1 aliphatic carbocycles. The molecule has 2 rings (SSSR count). The summed E-state index contributed by atoms with van der Waals surface area (Å²) in [6, 6.07) is 6.15. The zero-order valence-electron chi connectivity index (χ0n) is 15.0. The fourth-order valence-electron chi connectivity index (χ4n) is 3.21. The van der Waals surface area contributed by atoms with E-state index < -0.39 is 21.5 Å². The average molecular weight is 408 g/mol. The van der Waals surface area contributed by atoms with Crippen LogP contribution < -0.4 is 39.4 Å². The van der Waals surface area contributed by atoms with Gasteiger partial charge in [0.2, 0.25) is 10.0 Å². The third kappa shape index (κ3) is 7.33. The number of carboxylic acids is 1. The number of hydrogen-bond acceptors (Lipinski definition) is 4. The number of allylic oxidation sites excluding steroid dienone is 2. The molecule has 0 heterocycles. The summed E-state index contributed by atoms with van der Waals surface area (Å²) in [6.45, 7) is 0. The molecule has 0 aliphatic heterocycles. The molecule has 0 radical (unpaired) electrons. The smallest absolute Gasteiger partial charge is 0.550 e. The maximum Gasteiger partial charge on any atom is 1.00 e. The van der Waals surface area contributed by atoms with Crippen molar-refractivity contribution in [2.45, 2.75) is 61.8 Å². The first-order chi connectivity index (χ1) is 11.8. The first-order valence-electron chi connectivity index (χ1n) is 8.47. The van der Waals surface area contributed by atoms with Gasteiger partial charge in [-0.1, -0.05) is 36.6 Å². The van der Waals surface area contributed by atoms with Crippen molar-refractivity contribution in [1.29, 1.82) is 0 Å². The fraction of sp³-hybridized carbons (Fsp3) is 0.500. The van der Waals surface area contributed by atoms with Crippen molar-refractivity contribution in [3.05, 3.63) is 41.4 Å². The number of rotatable bonds is 9. The summed E-state index contributed by atoms with van der Waals surface area (Å²) in [5.74, 6) is -1.06. The van der Waals surface area contributed by atoms with Gasteiger partial charge in [-0.15, -0.1) is 0 Å². The van der Waals surface area contributed by atoms with E-state index in [2.05, 4.69) is 4.72 Å². The zero-order valence-corrected chi connectivity index (χ0v) is 18.6. The van der Waals surface area contributed by atoms with Gasteiger partial charge in [0.05, 0.1) is 4.90 Å². The van der Waals surface area contributed by atoms with Crippen LogP contribution in [-0.4, -0.2) is 19.9 Å². The van der Waals surface area contributed by atoms with Crippen LogP contribution in [0.3, 0.4) is 0 Å². The van der Waals surface area contributed by atoms with Gasteiger partial charge in [-0.05, 0) is 62.8 Å². The molecule has 1 aromatic carbocycles. The normalized spacial score (nSPS) is 16.5. The molecule has 0 amide bonds. The topological polar surface area (TPSA) is 86.3 Å². The van der Waals surface area contributed by atoms with Crippen LogP contribution in [0.4, 0.5) is 0 Å². The van der Waals surface area contributed by atoms with E-state index >= 15 is 0 Å². The Balaban J connectivity index is 0.00000338. The van der Waals surface area contributed by atoms with Gasteiger partial charge in [0.25, 0.3) is 0 Å². The molecule has 0 atom stereocenters. The summed E-state index contributed by atoms with van der Waals surface area (Å²) in [6.07, 6.45) is 9.19. The molecule has 138 valence electrons. The van der Waals surface area contributed by atoms with Gasteiger partial charge >= 0.3 is 29.6 Å². The molecular weight excluding hydrogens is 385 g/mol. The maximum atomic E-state index is 12.7. The minimum Gasteiger partial charge on any atom is -0.550 e. The van der Waals surface area contributed by atoms with Gasteiger partial charge in [0.1, 0.15) is 0 Å². The average Bonchev–Trinajstić information content (AvgIpc) is 2.99. The van der Waals surface area contributed by atoms with Crippen LogP contribution >= 0.6 is 11.6 Å². The number of hydrogen-bond donors (Lipinski definition) is 1. The van der Waals surface area contributed by atoms with E-state index in [1.807, 2.05) is 12.2 Å². The SMILES string of the molecule is O=C([O-])CC/C=C\CCC1(NS(=O)(=O)c2ccc(Cl)cc2)CCCC1.[Na+]. The van der Waals surface area contributed by atoms with Gasteiger partial charge in [-0.25, -0.2) is 13.1 Å². The van der Waals surface area contributed by atoms with Gasteiger partial charge in [0.15, 0.2) is 0 Å². The molecule has 0 unspecified atom stereocenters. The van der Waals surface area contributed by atoms with Gasteiger partial charge in [-0.3, -0.25) is 0 Å². The number of benzene rings is 1. The van der Waals surface area contributed by atoms with Crippen molar-refractivity contribution < 1.29 is 47.9 Å². The molecule has 1 N–H and O–H groups in total. The van der Waals surface area contributed by atoms with Crippen molar-refractivity contribution >= 4 is 27.6 Å². The van der Waals surface area contributed by atoms with Crippen LogP contribution in [0.2, 0.25) is 5.02 Å². The molecule has 0 spiro atoms. The summed E-state index contributed by atoms with van der Waals surface area (Å²) < 4.78 is 28.2. The van der Waals surface area contributed by atoms with Crippen LogP contribution in [0.5, 0.6) is 0 Å². The van der Waals surface area contributed by atoms with Gasteiger partial charge < -0.3 is 9.90 Å². The Labute approximate surface area is 182 Å². The van der Waals surface area contributed by atoms with Crippen LogP contribution in [0.25, 0.3) is 0 Å². The second-order valence-corrected chi connectivity index (χ2v) is 8.59. The van der Waals surface area contributed by atoms with Crippen molar-refractivity contribution in [3.63, 3.8) is 0 Å². The maximum absolute atomic E-state index is 12.7. The first kappa shape index (κ1) is 23.7. The minimum atomic E-state index is -3.60. The summed E-state index contributed by atoms with van der Waals surface area (Å²) in [7, 11) is -3.60. The Morgan fingerprint density at radius 3 is 2.31 bits per heavy atom. The third-order valence-corrected chi connectivity index (χ3v) is 6.35. The number of nitrogens with one attached hydrogen (secondary N) is 1. The number of carbonyl (C=O) groups excluding carboxylic acids is 1. The van der Waals surface area contributed by atoms with E-state index in [-0.39, 0.29) is 40.9 Å². The monoisotopic (exact) mass is 407 g/mol. The summed E-state index contributed by atoms with van der Waals surface area (Å²) in [5, 5.41) is 10.9. The van der Waals surface area contributed by atoms with Crippen molar-refractivity contribution in [1.82, 2.24) is 4.72 Å². The van der Waals surface area contributed by atoms with Gasteiger partial charge in [0, 0.05) is 16.5 Å². The Bertz CT molecular complexity index is 713. The van der Waals surface area contributed by atoms with E-state index in [1.54, 1.807) is 12.1 Å². The third-order valence-electron chi connectivity index (χ3n) is 4.51. The molecular formula is C18H23ClNNaO4S. The molecule has 0 bridgehead atoms. The van der Waals surface area contributed by atoms with Crippen molar-refractivity contribution in [3.8, 4) is 0 Å². The number of sulfonamides is 1. The largest absolute Gasteiger partial charge is 1.00 e. The van der Waals surface area contributed by atoms with E-state index in [1.165, 1.54) is 12.1 Å². The Kier molecular flexibility index (Phi) is 9.86. The van der Waals surface area contributed by atoms with Crippen LogP contribution in [0.15, 0.2) is 41.3 Å². The quantitative estimate of drug-likeness (QED) is 0.454. The Morgan fingerprint density at radius 1 is 1.15 bits per heavy atom. The molecule has 1 aromatic rings. The standard InChI is InChI=1S/C18H24ClNO4S.Na/c19-15-8-10-16(11-9-15)25(23,24)20-18(13-5-6-14-18)12-4-2-1-3-7-17(21)22;/h1-2,8-11,20H,3-7,12-14H2,(H,21,22);/q;+1/p-1/b2-1-;. The second kappa shape index (κ2) is 10.8. The van der Waals surface area contributed by atoms with Gasteiger partial charge in [-0.2, -0.15) is 0 Å². The van der Waals surface area contributed by atoms with E-state index in [0.29, 0.717) is 24.3 Å². The number of halogens is 1. The Hall–Kier alpha value is -0.370. The molecule has 26 heavy (non-hydrogen) atoms.